The Morgan fingerprint density at radius 3 is 2.64 bits per heavy atom. The van der Waals surface area contributed by atoms with Gasteiger partial charge >= 0.3 is 0 Å². The number of aliphatic hydroxyl groups excluding tert-OH is 2. The van der Waals surface area contributed by atoms with Crippen molar-refractivity contribution < 1.29 is 10.2 Å². The van der Waals surface area contributed by atoms with Crippen molar-refractivity contribution in [2.45, 2.75) is 25.0 Å². The molecule has 0 aromatic rings. The Bertz CT molecular complexity index is 92.5. The molecule has 0 spiro atoms. The predicted molar refractivity (Wildman–Crippen MR) is 48.7 cm³/mol. The minimum Gasteiger partial charge on any atom is -0.395 e. The zero-order valence-corrected chi connectivity index (χ0v) is 7.68. The lowest BCUT2D eigenvalue weighted by Gasteiger charge is -2.15. The van der Waals surface area contributed by atoms with Crippen LogP contribution in [0.3, 0.4) is 0 Å². The first kappa shape index (κ1) is 11.2. The zero-order valence-electron chi connectivity index (χ0n) is 6.86. The van der Waals surface area contributed by atoms with E-state index < -0.39 is 12.1 Å². The van der Waals surface area contributed by atoms with Crippen molar-refractivity contribution >= 4 is 11.8 Å². The number of hydrogen-bond donors (Lipinski definition) is 3. The van der Waals surface area contributed by atoms with Gasteiger partial charge in [0.15, 0.2) is 0 Å². The molecule has 0 radical (unpaired) electrons. The monoisotopic (exact) mass is 179 g/mol. The van der Waals surface area contributed by atoms with Gasteiger partial charge in [-0.2, -0.15) is 11.8 Å². The lowest BCUT2D eigenvalue weighted by Crippen LogP contribution is -2.37. The molecule has 0 aliphatic carbocycles. The van der Waals surface area contributed by atoms with Crippen LogP contribution in [0.4, 0.5) is 0 Å². The van der Waals surface area contributed by atoms with Gasteiger partial charge in [-0.15, -0.1) is 0 Å². The van der Waals surface area contributed by atoms with E-state index in [0.717, 1.165) is 12.2 Å². The minimum atomic E-state index is -0.549. The standard InChI is InChI=1S/C7H17NO2S/c1-11-4-2-3-7(10)6(8)5-9/h6-7,9-10H,2-5,8H2,1H3. The first-order valence-electron chi connectivity index (χ1n) is 3.75. The second kappa shape index (κ2) is 6.91. The van der Waals surface area contributed by atoms with Crippen LogP contribution in [-0.4, -0.2) is 41.0 Å². The van der Waals surface area contributed by atoms with Crippen LogP contribution >= 0.6 is 11.8 Å². The van der Waals surface area contributed by atoms with Gasteiger partial charge in [0.2, 0.25) is 0 Å². The van der Waals surface area contributed by atoms with E-state index in [9.17, 15) is 5.11 Å². The summed E-state index contributed by atoms with van der Waals surface area (Å²) in [5.41, 5.74) is 5.39. The maximum atomic E-state index is 9.25. The average Bonchev–Trinajstić information content (AvgIpc) is 2.03. The molecule has 11 heavy (non-hydrogen) atoms. The van der Waals surface area contributed by atoms with Crippen LogP contribution in [0.15, 0.2) is 0 Å². The van der Waals surface area contributed by atoms with Crippen LogP contribution in [0.2, 0.25) is 0 Å². The fourth-order valence-electron chi connectivity index (χ4n) is 0.773. The molecule has 0 aromatic carbocycles. The van der Waals surface area contributed by atoms with Crippen LogP contribution < -0.4 is 5.73 Å². The van der Waals surface area contributed by atoms with Gasteiger partial charge in [-0.05, 0) is 24.9 Å². The van der Waals surface area contributed by atoms with E-state index in [1.807, 2.05) is 6.26 Å². The van der Waals surface area contributed by atoms with Crippen molar-refractivity contribution in [3.63, 3.8) is 0 Å². The summed E-state index contributed by atoms with van der Waals surface area (Å²) in [6.45, 7) is -0.138. The third-order valence-electron chi connectivity index (χ3n) is 1.55. The number of aliphatic hydroxyl groups is 2. The number of thioether (sulfide) groups is 1. The molecule has 0 aromatic heterocycles. The Balaban J connectivity index is 3.28. The topological polar surface area (TPSA) is 66.5 Å². The Morgan fingerprint density at radius 2 is 2.18 bits per heavy atom. The molecule has 2 atom stereocenters. The molecule has 0 saturated heterocycles. The lowest BCUT2D eigenvalue weighted by molar-refractivity contribution is 0.101. The van der Waals surface area contributed by atoms with Gasteiger partial charge in [0.1, 0.15) is 0 Å². The predicted octanol–water partition coefficient (Wildman–Crippen LogP) is -0.190. The number of hydrogen-bond acceptors (Lipinski definition) is 4. The van der Waals surface area contributed by atoms with Crippen LogP contribution in [0.5, 0.6) is 0 Å². The molecule has 0 rings (SSSR count). The van der Waals surface area contributed by atoms with Crippen molar-refractivity contribution in [2.75, 3.05) is 18.6 Å². The summed E-state index contributed by atoms with van der Waals surface area (Å²) < 4.78 is 0. The second-order valence-corrected chi connectivity index (χ2v) is 3.53. The highest BCUT2D eigenvalue weighted by Gasteiger charge is 2.12. The summed E-state index contributed by atoms with van der Waals surface area (Å²) in [5.74, 6) is 1.04. The fraction of sp³-hybridized carbons (Fsp3) is 1.00. The summed E-state index contributed by atoms with van der Waals surface area (Å²) in [4.78, 5) is 0. The quantitative estimate of drug-likeness (QED) is 0.494. The van der Waals surface area contributed by atoms with E-state index in [2.05, 4.69) is 0 Å². The van der Waals surface area contributed by atoms with Gasteiger partial charge in [0.25, 0.3) is 0 Å². The van der Waals surface area contributed by atoms with E-state index in [1.54, 1.807) is 11.8 Å². The van der Waals surface area contributed by atoms with Gasteiger partial charge in [0, 0.05) is 0 Å². The molecular weight excluding hydrogens is 162 g/mol. The van der Waals surface area contributed by atoms with E-state index in [1.165, 1.54) is 0 Å². The molecular formula is C7H17NO2S. The summed E-state index contributed by atoms with van der Waals surface area (Å²) >= 11 is 1.75. The molecule has 0 aliphatic rings. The van der Waals surface area contributed by atoms with Gasteiger partial charge in [-0.1, -0.05) is 0 Å². The Labute approximate surface area is 72.0 Å². The number of rotatable bonds is 6. The van der Waals surface area contributed by atoms with Gasteiger partial charge < -0.3 is 15.9 Å². The van der Waals surface area contributed by atoms with Gasteiger partial charge in [-0.3, -0.25) is 0 Å². The summed E-state index contributed by atoms with van der Waals surface area (Å²) in [6, 6.07) is -0.475. The largest absolute Gasteiger partial charge is 0.395 e. The molecule has 0 fully saturated rings. The van der Waals surface area contributed by atoms with Crippen LogP contribution in [0.25, 0.3) is 0 Å². The Hall–Kier alpha value is 0.230. The van der Waals surface area contributed by atoms with Gasteiger partial charge in [-0.25, -0.2) is 0 Å². The summed E-state index contributed by atoms with van der Waals surface area (Å²) in [5, 5.41) is 17.8. The molecule has 4 N–H and O–H groups in total. The molecule has 0 aliphatic heterocycles. The summed E-state index contributed by atoms with van der Waals surface area (Å²) in [7, 11) is 0. The van der Waals surface area contributed by atoms with Gasteiger partial charge in [0.05, 0.1) is 18.8 Å². The highest BCUT2D eigenvalue weighted by Crippen LogP contribution is 2.04. The highest BCUT2D eigenvalue weighted by molar-refractivity contribution is 7.98. The highest BCUT2D eigenvalue weighted by atomic mass is 32.2. The fourth-order valence-corrected chi connectivity index (χ4v) is 1.23. The average molecular weight is 179 g/mol. The SMILES string of the molecule is CSCCCC(O)C(N)CO. The summed E-state index contributed by atoms with van der Waals surface area (Å²) in [6.07, 6.45) is 3.11. The molecule has 2 unspecified atom stereocenters. The third-order valence-corrected chi connectivity index (χ3v) is 2.25. The molecule has 0 bridgehead atoms. The molecule has 4 heteroatoms. The van der Waals surface area contributed by atoms with Crippen LogP contribution in [0.1, 0.15) is 12.8 Å². The first-order valence-corrected chi connectivity index (χ1v) is 5.15. The third kappa shape index (κ3) is 5.49. The Kier molecular flexibility index (Phi) is 7.06. The second-order valence-electron chi connectivity index (χ2n) is 2.55. The van der Waals surface area contributed by atoms with E-state index in [4.69, 9.17) is 10.8 Å². The van der Waals surface area contributed by atoms with E-state index in [-0.39, 0.29) is 6.61 Å². The maximum Gasteiger partial charge on any atom is 0.0713 e. The zero-order chi connectivity index (χ0) is 8.69. The van der Waals surface area contributed by atoms with Crippen molar-refractivity contribution in [2.24, 2.45) is 5.73 Å². The van der Waals surface area contributed by atoms with Crippen molar-refractivity contribution in [1.82, 2.24) is 0 Å². The van der Waals surface area contributed by atoms with Crippen LogP contribution in [-0.2, 0) is 0 Å². The molecule has 0 amide bonds. The van der Waals surface area contributed by atoms with E-state index in [0.29, 0.717) is 6.42 Å². The van der Waals surface area contributed by atoms with Crippen molar-refractivity contribution in [1.29, 1.82) is 0 Å². The molecule has 0 saturated carbocycles. The minimum absolute atomic E-state index is 0.138. The first-order chi connectivity index (χ1) is 5.22. The molecule has 0 heterocycles. The normalized spacial score (nSPS) is 16.4. The lowest BCUT2D eigenvalue weighted by atomic mass is 10.1. The van der Waals surface area contributed by atoms with Crippen molar-refractivity contribution in [3.05, 3.63) is 0 Å². The van der Waals surface area contributed by atoms with E-state index >= 15 is 0 Å². The molecule has 68 valence electrons. The Morgan fingerprint density at radius 1 is 1.55 bits per heavy atom. The molecule has 3 nitrogen and oxygen atoms in total. The number of nitrogens with two attached hydrogens (primary N) is 1. The van der Waals surface area contributed by atoms with Crippen LogP contribution in [0, 0.1) is 0 Å². The maximum absolute atomic E-state index is 9.25. The van der Waals surface area contributed by atoms with Crippen molar-refractivity contribution in [3.8, 4) is 0 Å². The smallest absolute Gasteiger partial charge is 0.0713 e.